The molecular formula is C18H19N3O2SY6-2. The molecule has 5 nitrogen and oxygen atoms in total. The molecule has 0 bridgehead atoms. The molecule has 0 spiro atoms. The van der Waals surface area contributed by atoms with Gasteiger partial charge in [0.2, 0.25) is 5.91 Å². The van der Waals surface area contributed by atoms with Crippen LogP contribution in [-0.2, 0) is 206 Å². The van der Waals surface area contributed by atoms with E-state index in [2.05, 4.69) is 11.4 Å². The fourth-order valence-electron chi connectivity index (χ4n) is 2.77. The molecule has 3 rings (SSSR count). The summed E-state index contributed by atoms with van der Waals surface area (Å²) in [4.78, 5) is 26.5. The number of carbonyl (C=O) groups is 2. The van der Waals surface area contributed by atoms with Gasteiger partial charge in [-0.1, -0.05) is 12.2 Å². The Morgan fingerprint density at radius 3 is 2.37 bits per heavy atom. The van der Waals surface area contributed by atoms with E-state index >= 15 is 0 Å². The van der Waals surface area contributed by atoms with Gasteiger partial charge in [-0.2, -0.15) is 48.1 Å². The number of hydrogen-bond acceptors (Lipinski definition) is 4. The molecule has 1 aromatic rings. The number of fused-ring (bicyclic) bond motifs is 1. The number of amides is 2. The molecule has 12 heteroatoms. The van der Waals surface area contributed by atoms with Gasteiger partial charge < -0.3 is 20.7 Å². The fraction of sp³-hybridized carbons (Fsp3) is 0.278. The predicted molar refractivity (Wildman–Crippen MR) is 94.2 cm³/mol. The van der Waals surface area contributed by atoms with Gasteiger partial charge in [0.1, 0.15) is 5.91 Å². The van der Waals surface area contributed by atoms with Gasteiger partial charge in [0, 0.05) is 208 Å². The van der Waals surface area contributed by atoms with Crippen LogP contribution in [0.15, 0.2) is 47.7 Å². The maximum atomic E-state index is 12.4. The van der Waals surface area contributed by atoms with Gasteiger partial charge in [-0.05, 0) is 24.8 Å². The summed E-state index contributed by atoms with van der Waals surface area (Å²) in [7, 11) is 0. The molecule has 1 saturated heterocycles. The van der Waals surface area contributed by atoms with E-state index < -0.39 is 6.04 Å². The zero-order chi connectivity index (χ0) is 17.3. The summed E-state index contributed by atoms with van der Waals surface area (Å²) in [5, 5.41) is 2.59. The van der Waals surface area contributed by atoms with E-state index in [4.69, 9.17) is 5.73 Å². The number of allylic oxidation sites excluding steroid dienone is 3. The summed E-state index contributed by atoms with van der Waals surface area (Å²) in [6, 6.07) is 9.40. The average molecular weight is 875 g/mol. The number of rotatable bonds is 4. The number of benzene rings is 1. The van der Waals surface area contributed by atoms with Crippen molar-refractivity contribution in [2.45, 2.75) is 25.3 Å². The first-order valence-corrected chi connectivity index (χ1v) is 8.76. The zero-order valence-electron chi connectivity index (χ0n) is 17.0. The van der Waals surface area contributed by atoms with Crippen LogP contribution in [-0.4, -0.2) is 27.8 Å². The number of β-lactam (4-membered cyclic amide) rings is 1. The van der Waals surface area contributed by atoms with Crippen LogP contribution in [0.5, 0.6) is 0 Å². The van der Waals surface area contributed by atoms with Crippen molar-refractivity contribution in [2.24, 2.45) is 5.73 Å². The molecule has 144 valence electrons. The van der Waals surface area contributed by atoms with Gasteiger partial charge in [0.05, 0.1) is 6.04 Å². The molecule has 2 atom stereocenters. The Morgan fingerprint density at radius 2 is 1.83 bits per heavy atom. The molecule has 6 radical (unpaired) electrons. The van der Waals surface area contributed by atoms with Gasteiger partial charge in [-0.3, -0.25) is 4.79 Å². The van der Waals surface area contributed by atoms with E-state index in [0.717, 1.165) is 17.0 Å². The molecule has 2 amide bonds. The number of hydrogen-bond donors (Lipinski definition) is 2. The summed E-state index contributed by atoms with van der Waals surface area (Å²) in [6.07, 6.45) is 3.98. The average Bonchev–Trinajstić information content (AvgIpc) is 2.61. The van der Waals surface area contributed by atoms with Gasteiger partial charge >= 0.3 is 0 Å². The smallest absolute Gasteiger partial charge is 0.213 e. The Hall–Kier alpha value is 4.44. The van der Waals surface area contributed by atoms with Crippen molar-refractivity contribution in [3.05, 3.63) is 65.4 Å². The summed E-state index contributed by atoms with van der Waals surface area (Å²) in [5.74, 6) is 0.282. The standard InChI is InChI=1S/C18H19N3O2S.6Y/c1-3-7-13-10-24-18-15(17(23)21(18)11(13)2)20-16(22)14(19)12-8-5-4-6-9-12;;;;;;/h3,5-9,14,18H,10,19H2,1-2H3,(H,20,22);;;;;;/q-2;;;;;;/b7-3-;;;;;;. The maximum absolute atomic E-state index is 12.4. The first-order valence-electron chi connectivity index (χ1n) is 7.71. The van der Waals surface area contributed by atoms with Crippen LogP contribution in [0, 0.1) is 12.1 Å². The van der Waals surface area contributed by atoms with Crippen molar-refractivity contribution < 1.29 is 206 Å². The molecule has 3 N–H and O–H groups in total. The maximum Gasteiger partial charge on any atom is 0.213 e. The zero-order valence-corrected chi connectivity index (χ0v) is 34.9. The first-order chi connectivity index (χ1) is 11.5. The third-order valence-electron chi connectivity index (χ3n) is 4.16. The number of nitrogens with zero attached hydrogens (tertiary/aromatic N) is 1. The molecule has 2 aliphatic rings. The van der Waals surface area contributed by atoms with Crippen molar-refractivity contribution in [2.75, 3.05) is 5.75 Å². The summed E-state index contributed by atoms with van der Waals surface area (Å²) in [6.45, 7) is 3.89. The molecule has 2 unspecified atom stereocenters. The summed E-state index contributed by atoms with van der Waals surface area (Å²) >= 11 is 1.62. The Labute approximate surface area is 334 Å². The molecule has 30 heavy (non-hydrogen) atoms. The molecule has 0 aliphatic carbocycles. The van der Waals surface area contributed by atoms with Gasteiger partial charge in [-0.25, -0.2) is 0 Å². The fourth-order valence-corrected chi connectivity index (χ4v) is 4.14. The minimum Gasteiger partial charge on any atom is -0.475 e. The second-order valence-corrected chi connectivity index (χ2v) is 6.73. The van der Waals surface area contributed by atoms with Crippen LogP contribution in [0.4, 0.5) is 0 Å². The van der Waals surface area contributed by atoms with Crippen LogP contribution in [0.25, 0.3) is 0 Å². The van der Waals surface area contributed by atoms with Crippen LogP contribution in [0.3, 0.4) is 0 Å². The Bertz CT molecular complexity index is 736. The van der Waals surface area contributed by atoms with E-state index in [-0.39, 0.29) is 213 Å². The predicted octanol–water partition coefficient (Wildman–Crippen LogP) is 1.88. The Kier molecular flexibility index (Phi) is 28.4. The third-order valence-corrected chi connectivity index (χ3v) is 5.40. The molecule has 0 saturated carbocycles. The van der Waals surface area contributed by atoms with Crippen molar-refractivity contribution in [3.8, 4) is 0 Å². The van der Waals surface area contributed by atoms with E-state index in [1.54, 1.807) is 40.9 Å². The van der Waals surface area contributed by atoms with Crippen LogP contribution >= 0.6 is 11.8 Å². The van der Waals surface area contributed by atoms with Crippen LogP contribution < -0.4 is 11.1 Å². The van der Waals surface area contributed by atoms with Gasteiger partial charge in [0.15, 0.2) is 0 Å². The Balaban J connectivity index is -0.000000563. The molecule has 2 aliphatic heterocycles. The van der Waals surface area contributed by atoms with Gasteiger partial charge in [-0.15, -0.1) is 5.56 Å². The van der Waals surface area contributed by atoms with E-state index in [0.29, 0.717) is 11.6 Å². The largest absolute Gasteiger partial charge is 0.475 e. The number of nitrogens with one attached hydrogen (secondary N) is 1. The topological polar surface area (TPSA) is 75.4 Å². The van der Waals surface area contributed by atoms with Crippen molar-refractivity contribution in [1.82, 2.24) is 10.2 Å². The minimum absolute atomic E-state index is 0. The minimum atomic E-state index is -0.808. The van der Waals surface area contributed by atoms with E-state index in [1.807, 2.05) is 26.0 Å². The summed E-state index contributed by atoms with van der Waals surface area (Å²) in [5.41, 5.74) is 8.75. The van der Waals surface area contributed by atoms with Crippen molar-refractivity contribution in [1.29, 1.82) is 0 Å². The molecular weight excluding hydrogens is 856 g/mol. The molecule has 0 aromatic heterocycles. The monoisotopic (exact) mass is 875 g/mol. The quantitative estimate of drug-likeness (QED) is 0.359. The normalized spacial score (nSPS) is 17.3. The molecule has 1 aromatic carbocycles. The van der Waals surface area contributed by atoms with Crippen molar-refractivity contribution >= 4 is 23.6 Å². The second-order valence-electron chi connectivity index (χ2n) is 5.66. The molecule has 2 heterocycles. The number of thioether (sulfide) groups is 1. The van der Waals surface area contributed by atoms with Crippen molar-refractivity contribution in [3.63, 3.8) is 0 Å². The summed E-state index contributed by atoms with van der Waals surface area (Å²) < 4.78 is 0. The molecule has 1 fully saturated rings. The number of carbonyl (C=O) groups excluding carboxylic acids is 2. The third kappa shape index (κ3) is 10.1. The Morgan fingerprint density at radius 1 is 1.27 bits per heavy atom. The first kappa shape index (κ1) is 41.6. The van der Waals surface area contributed by atoms with E-state index in [9.17, 15) is 9.59 Å². The SMILES string of the molecule is C/C=C\C1=C(C)N2C(=O)[C-](NC(=O)C(N)c3cc[c-]cc3)C2SC1.[Y].[Y].[Y].[Y].[Y].[Y]. The van der Waals surface area contributed by atoms with Crippen LogP contribution in [0.2, 0.25) is 0 Å². The van der Waals surface area contributed by atoms with E-state index in [1.165, 1.54) is 0 Å². The van der Waals surface area contributed by atoms with Crippen LogP contribution in [0.1, 0.15) is 25.5 Å². The second kappa shape index (κ2) is 20.5. The number of nitrogens with two attached hydrogens (primary N) is 1. The van der Waals surface area contributed by atoms with Gasteiger partial charge in [0.25, 0.3) is 0 Å².